The van der Waals surface area contributed by atoms with Crippen LogP contribution in [0.3, 0.4) is 0 Å². The minimum atomic E-state index is 0.695. The van der Waals surface area contributed by atoms with Crippen LogP contribution >= 0.6 is 0 Å². The molecule has 0 amide bonds. The highest BCUT2D eigenvalue weighted by molar-refractivity contribution is 5.67. The maximum absolute atomic E-state index is 6.19. The van der Waals surface area contributed by atoms with Crippen LogP contribution in [0.1, 0.15) is 11.1 Å². The summed E-state index contributed by atoms with van der Waals surface area (Å²) < 4.78 is 1.87. The number of benzene rings is 2. The summed E-state index contributed by atoms with van der Waals surface area (Å²) in [6, 6.07) is 20.4. The van der Waals surface area contributed by atoms with Gasteiger partial charge >= 0.3 is 0 Å². The summed E-state index contributed by atoms with van der Waals surface area (Å²) in [7, 11) is 0. The first kappa shape index (κ1) is 12.5. The summed E-state index contributed by atoms with van der Waals surface area (Å²) in [6.07, 6.45) is 0. The zero-order valence-corrected chi connectivity index (χ0v) is 11.5. The molecule has 3 rings (SSSR count). The van der Waals surface area contributed by atoms with Crippen molar-refractivity contribution in [1.29, 1.82) is 0 Å². The predicted molar refractivity (Wildman–Crippen MR) is 82.4 cm³/mol. The Hall–Kier alpha value is -2.55. The van der Waals surface area contributed by atoms with E-state index in [1.54, 1.807) is 0 Å². The minimum Gasteiger partial charge on any atom is -0.384 e. The Balaban J connectivity index is 1.98. The summed E-state index contributed by atoms with van der Waals surface area (Å²) in [5, 5.41) is 4.67. The van der Waals surface area contributed by atoms with E-state index in [4.69, 9.17) is 5.73 Å². The summed E-state index contributed by atoms with van der Waals surface area (Å²) >= 11 is 0. The lowest BCUT2D eigenvalue weighted by molar-refractivity contribution is 0.699. The Morgan fingerprint density at radius 1 is 0.950 bits per heavy atom. The van der Waals surface area contributed by atoms with Gasteiger partial charge < -0.3 is 5.73 Å². The molecule has 2 aromatic carbocycles. The first-order valence-electron chi connectivity index (χ1n) is 6.68. The normalized spacial score (nSPS) is 10.7. The third kappa shape index (κ3) is 2.30. The molecule has 0 unspecified atom stereocenters. The van der Waals surface area contributed by atoms with E-state index < -0.39 is 0 Å². The highest BCUT2D eigenvalue weighted by atomic mass is 15.3. The minimum absolute atomic E-state index is 0.695. The van der Waals surface area contributed by atoms with Crippen molar-refractivity contribution in [3.63, 3.8) is 0 Å². The van der Waals surface area contributed by atoms with E-state index >= 15 is 0 Å². The molecule has 0 saturated carbocycles. The van der Waals surface area contributed by atoms with E-state index in [9.17, 15) is 0 Å². The average Bonchev–Trinajstić information content (AvgIpc) is 2.78. The van der Waals surface area contributed by atoms with Crippen LogP contribution in [0.15, 0.2) is 60.7 Å². The SMILES string of the molecule is Cc1c(-c2ccccc2)nn(Cc2ccccc2)c1N. The van der Waals surface area contributed by atoms with Crippen LogP contribution in [-0.2, 0) is 6.54 Å². The molecule has 0 aliphatic heterocycles. The summed E-state index contributed by atoms with van der Waals surface area (Å²) in [5.74, 6) is 0.729. The first-order chi connectivity index (χ1) is 9.75. The molecular weight excluding hydrogens is 246 g/mol. The fraction of sp³-hybridized carbons (Fsp3) is 0.118. The number of rotatable bonds is 3. The Bertz CT molecular complexity index is 700. The van der Waals surface area contributed by atoms with E-state index in [1.807, 2.05) is 48.0 Å². The van der Waals surface area contributed by atoms with Crippen molar-refractivity contribution >= 4 is 5.82 Å². The van der Waals surface area contributed by atoms with E-state index in [0.717, 1.165) is 22.6 Å². The molecule has 3 aromatic rings. The van der Waals surface area contributed by atoms with E-state index in [-0.39, 0.29) is 0 Å². The van der Waals surface area contributed by atoms with Crippen LogP contribution in [0.4, 0.5) is 5.82 Å². The fourth-order valence-electron chi connectivity index (χ4n) is 2.31. The maximum Gasteiger partial charge on any atom is 0.125 e. The number of anilines is 1. The van der Waals surface area contributed by atoms with Gasteiger partial charge in [0.25, 0.3) is 0 Å². The summed E-state index contributed by atoms with van der Waals surface area (Å²) in [6.45, 7) is 2.71. The van der Waals surface area contributed by atoms with Gasteiger partial charge in [-0.3, -0.25) is 0 Å². The van der Waals surface area contributed by atoms with Gasteiger partial charge in [-0.05, 0) is 12.5 Å². The Morgan fingerprint density at radius 3 is 2.20 bits per heavy atom. The van der Waals surface area contributed by atoms with Gasteiger partial charge in [0.1, 0.15) is 5.82 Å². The zero-order valence-electron chi connectivity index (χ0n) is 11.5. The molecule has 1 aromatic heterocycles. The van der Waals surface area contributed by atoms with Crippen molar-refractivity contribution in [3.8, 4) is 11.3 Å². The topological polar surface area (TPSA) is 43.8 Å². The molecule has 0 fully saturated rings. The standard InChI is InChI=1S/C17H17N3/c1-13-16(15-10-6-3-7-11-15)19-20(17(13)18)12-14-8-4-2-5-9-14/h2-11H,12,18H2,1H3. The lowest BCUT2D eigenvalue weighted by Crippen LogP contribution is -2.06. The number of aromatic nitrogens is 2. The van der Waals surface area contributed by atoms with Crippen LogP contribution in [0, 0.1) is 6.92 Å². The van der Waals surface area contributed by atoms with Gasteiger partial charge in [0.15, 0.2) is 0 Å². The lowest BCUT2D eigenvalue weighted by atomic mass is 10.1. The Kier molecular flexibility index (Phi) is 3.25. The lowest BCUT2D eigenvalue weighted by Gasteiger charge is -2.04. The van der Waals surface area contributed by atoms with Crippen LogP contribution in [0.25, 0.3) is 11.3 Å². The first-order valence-corrected chi connectivity index (χ1v) is 6.68. The van der Waals surface area contributed by atoms with Crippen molar-refractivity contribution in [2.24, 2.45) is 0 Å². The number of hydrogen-bond acceptors (Lipinski definition) is 2. The molecule has 20 heavy (non-hydrogen) atoms. The summed E-state index contributed by atoms with van der Waals surface area (Å²) in [5.41, 5.74) is 10.5. The molecule has 3 heteroatoms. The van der Waals surface area contributed by atoms with E-state index in [2.05, 4.69) is 29.4 Å². The molecule has 1 heterocycles. The molecule has 0 saturated heterocycles. The third-order valence-electron chi connectivity index (χ3n) is 3.46. The Labute approximate surface area is 118 Å². The maximum atomic E-state index is 6.19. The van der Waals surface area contributed by atoms with Gasteiger partial charge in [0.2, 0.25) is 0 Å². The van der Waals surface area contributed by atoms with Gasteiger partial charge in [-0.2, -0.15) is 5.10 Å². The van der Waals surface area contributed by atoms with Gasteiger partial charge in [0, 0.05) is 11.1 Å². The largest absolute Gasteiger partial charge is 0.384 e. The highest BCUT2D eigenvalue weighted by Crippen LogP contribution is 2.26. The van der Waals surface area contributed by atoms with E-state index in [1.165, 1.54) is 5.56 Å². The van der Waals surface area contributed by atoms with Crippen molar-refractivity contribution in [2.75, 3.05) is 5.73 Å². The van der Waals surface area contributed by atoms with Crippen molar-refractivity contribution in [2.45, 2.75) is 13.5 Å². The number of nitrogen functional groups attached to an aromatic ring is 1. The second kappa shape index (κ2) is 5.21. The van der Waals surface area contributed by atoms with Gasteiger partial charge in [0.05, 0.1) is 12.2 Å². The number of nitrogens with zero attached hydrogens (tertiary/aromatic N) is 2. The quantitative estimate of drug-likeness (QED) is 0.786. The van der Waals surface area contributed by atoms with Crippen molar-refractivity contribution in [3.05, 3.63) is 71.8 Å². The second-order valence-electron chi connectivity index (χ2n) is 4.87. The third-order valence-corrected chi connectivity index (χ3v) is 3.46. The average molecular weight is 263 g/mol. The highest BCUT2D eigenvalue weighted by Gasteiger charge is 2.13. The molecule has 0 aliphatic carbocycles. The smallest absolute Gasteiger partial charge is 0.125 e. The van der Waals surface area contributed by atoms with Crippen molar-refractivity contribution in [1.82, 2.24) is 9.78 Å². The van der Waals surface area contributed by atoms with Crippen LogP contribution in [0.2, 0.25) is 0 Å². The van der Waals surface area contributed by atoms with Gasteiger partial charge in [-0.15, -0.1) is 0 Å². The van der Waals surface area contributed by atoms with Gasteiger partial charge in [-0.25, -0.2) is 4.68 Å². The molecule has 3 nitrogen and oxygen atoms in total. The predicted octanol–water partition coefficient (Wildman–Crippen LogP) is 3.49. The molecule has 0 aliphatic rings. The number of hydrogen-bond donors (Lipinski definition) is 1. The monoisotopic (exact) mass is 263 g/mol. The van der Waals surface area contributed by atoms with Crippen molar-refractivity contribution < 1.29 is 0 Å². The molecule has 0 radical (unpaired) electrons. The molecule has 2 N–H and O–H groups in total. The zero-order chi connectivity index (χ0) is 13.9. The van der Waals surface area contributed by atoms with Crippen LogP contribution in [0.5, 0.6) is 0 Å². The Morgan fingerprint density at radius 2 is 1.55 bits per heavy atom. The second-order valence-corrected chi connectivity index (χ2v) is 4.87. The van der Waals surface area contributed by atoms with E-state index in [0.29, 0.717) is 6.54 Å². The molecule has 0 atom stereocenters. The van der Waals surface area contributed by atoms with Crippen LogP contribution < -0.4 is 5.73 Å². The van der Waals surface area contributed by atoms with Crippen LogP contribution in [-0.4, -0.2) is 9.78 Å². The molecule has 0 spiro atoms. The molecule has 0 bridgehead atoms. The van der Waals surface area contributed by atoms with Gasteiger partial charge in [-0.1, -0.05) is 60.7 Å². The number of nitrogens with two attached hydrogens (primary N) is 1. The molecule has 100 valence electrons. The summed E-state index contributed by atoms with van der Waals surface area (Å²) in [4.78, 5) is 0. The molecular formula is C17H17N3. The fourth-order valence-corrected chi connectivity index (χ4v) is 2.31.